The maximum atomic E-state index is 14.9. The van der Waals surface area contributed by atoms with Crippen molar-refractivity contribution in [3.63, 3.8) is 0 Å². The number of hydrogen-bond acceptors (Lipinski definition) is 12. The summed E-state index contributed by atoms with van der Waals surface area (Å²) in [5.74, 6) is 2.03. The van der Waals surface area contributed by atoms with Crippen LogP contribution in [0.2, 0.25) is 0 Å². The maximum absolute atomic E-state index is 14.9. The van der Waals surface area contributed by atoms with Gasteiger partial charge in [0.1, 0.15) is 41.7 Å². The highest BCUT2D eigenvalue weighted by molar-refractivity contribution is 6.11. The number of methoxy groups -OCH3 is 1. The Labute approximate surface area is 369 Å². The Hall–Kier alpha value is -5.92. The monoisotopic (exact) mass is 870 g/mol. The quantitative estimate of drug-likeness (QED) is 0.115. The lowest BCUT2D eigenvalue weighted by molar-refractivity contribution is -0.328. The van der Waals surface area contributed by atoms with E-state index in [4.69, 9.17) is 23.7 Å². The molecule has 5 aliphatic rings. The predicted molar refractivity (Wildman–Crippen MR) is 234 cm³/mol. The molecular weight excluding hydrogens is 821 g/mol. The van der Waals surface area contributed by atoms with Crippen LogP contribution in [0.4, 0.5) is 0 Å². The van der Waals surface area contributed by atoms with Crippen molar-refractivity contribution in [1.29, 1.82) is 0 Å². The molecule has 14 nitrogen and oxygen atoms in total. The van der Waals surface area contributed by atoms with E-state index in [1.807, 2.05) is 36.5 Å². The van der Waals surface area contributed by atoms with E-state index >= 15 is 0 Å². The SMILES string of the molecule is COc1cc2cc(C3CCCC3)c3c(O)c2c2c1/C=C/[C@H](c1c[nH]c4ccc(CCCO)cc14)OC[C@H]1O[C@H](O2)[C@@](O)(CO)[C@@H](OC#CCc2cccc4c2CN(CC3=O)C4=O)[C@@H]1O. The second-order valence-electron chi connectivity index (χ2n) is 17.4. The van der Waals surface area contributed by atoms with Crippen molar-refractivity contribution in [2.24, 2.45) is 0 Å². The first-order valence-electron chi connectivity index (χ1n) is 21.9. The Kier molecular flexibility index (Phi) is 11.1. The Morgan fingerprint density at radius 3 is 2.69 bits per heavy atom. The molecule has 4 aromatic carbocycles. The number of fused-ring (bicyclic) bond motifs is 5. The number of Topliss-reactive ketones (excluding diaryl/α,β-unsaturated/α-hetero) is 1. The zero-order valence-electron chi connectivity index (χ0n) is 35.3. The van der Waals surface area contributed by atoms with Crippen molar-refractivity contribution in [3.05, 3.63) is 105 Å². The topological polar surface area (TPSA) is 200 Å². The van der Waals surface area contributed by atoms with Crippen LogP contribution in [-0.2, 0) is 33.6 Å². The first-order chi connectivity index (χ1) is 31.1. The Balaban J connectivity index is 1.22. The van der Waals surface area contributed by atoms with Crippen molar-refractivity contribution in [1.82, 2.24) is 9.88 Å². The number of benzene rings is 4. The molecule has 6 N–H and O–H groups in total. The Morgan fingerprint density at radius 1 is 1.05 bits per heavy atom. The molecule has 332 valence electrons. The third-order valence-corrected chi connectivity index (χ3v) is 13.6. The molecule has 1 saturated carbocycles. The molecule has 64 heavy (non-hydrogen) atoms. The number of phenols is 1. The lowest BCUT2D eigenvalue weighted by Gasteiger charge is -2.47. The van der Waals surface area contributed by atoms with Crippen LogP contribution in [0.1, 0.15) is 98.2 Å². The molecule has 6 atom stereocenters. The van der Waals surface area contributed by atoms with Gasteiger partial charge in [0.25, 0.3) is 5.91 Å². The van der Waals surface area contributed by atoms with Crippen LogP contribution in [-0.4, -0.2) is 111 Å². The number of aromatic hydroxyl groups is 1. The van der Waals surface area contributed by atoms with Gasteiger partial charge in [0.15, 0.2) is 17.5 Å². The van der Waals surface area contributed by atoms with E-state index in [-0.39, 0.29) is 72.6 Å². The van der Waals surface area contributed by atoms with Crippen molar-refractivity contribution in [2.45, 2.75) is 93.7 Å². The largest absolute Gasteiger partial charge is 0.506 e. The van der Waals surface area contributed by atoms with E-state index < -0.39 is 48.7 Å². The van der Waals surface area contributed by atoms with Crippen LogP contribution in [0, 0.1) is 12.0 Å². The van der Waals surface area contributed by atoms with Gasteiger partial charge in [-0.15, -0.1) is 0 Å². The van der Waals surface area contributed by atoms with Crippen molar-refractivity contribution in [3.8, 4) is 29.3 Å². The summed E-state index contributed by atoms with van der Waals surface area (Å²) in [5, 5.41) is 59.2. The zero-order chi connectivity index (χ0) is 44.3. The average molecular weight is 871 g/mol. The number of ether oxygens (including phenoxy) is 5. The van der Waals surface area contributed by atoms with Gasteiger partial charge in [-0.2, -0.15) is 0 Å². The van der Waals surface area contributed by atoms with E-state index in [1.165, 1.54) is 12.0 Å². The lowest BCUT2D eigenvalue weighted by Crippen LogP contribution is -2.70. The molecule has 0 radical (unpaired) electrons. The number of nitrogens with one attached hydrogen (secondary N) is 1. The zero-order valence-corrected chi connectivity index (χ0v) is 35.3. The summed E-state index contributed by atoms with van der Waals surface area (Å²) in [6.45, 7) is -1.35. The van der Waals surface area contributed by atoms with Crippen molar-refractivity contribution in [2.75, 3.05) is 33.5 Å². The fourth-order valence-electron chi connectivity index (χ4n) is 10.3. The number of aryl methyl sites for hydroxylation is 1. The van der Waals surface area contributed by atoms with Crippen LogP contribution in [0.3, 0.4) is 0 Å². The first-order valence-corrected chi connectivity index (χ1v) is 21.9. The number of hydrogen-bond donors (Lipinski definition) is 6. The van der Waals surface area contributed by atoms with Crippen LogP contribution in [0.15, 0.2) is 60.8 Å². The third kappa shape index (κ3) is 7.07. The molecular formula is C50H50N2O12. The summed E-state index contributed by atoms with van der Waals surface area (Å²) >= 11 is 0. The molecule has 10 rings (SSSR count). The van der Waals surface area contributed by atoms with Gasteiger partial charge < -0.3 is 59.1 Å². The molecule has 1 aliphatic carbocycles. The molecule has 5 aromatic rings. The number of amides is 1. The minimum atomic E-state index is -2.46. The van der Waals surface area contributed by atoms with Crippen LogP contribution >= 0.6 is 0 Å². The van der Waals surface area contributed by atoms with Gasteiger partial charge in [-0.1, -0.05) is 43.0 Å². The van der Waals surface area contributed by atoms with E-state index in [2.05, 4.69) is 17.0 Å². The highest BCUT2D eigenvalue weighted by Gasteiger charge is 2.59. The number of aliphatic hydroxyl groups excluding tert-OH is 3. The molecule has 4 aliphatic heterocycles. The van der Waals surface area contributed by atoms with Crippen molar-refractivity contribution >= 4 is 39.4 Å². The van der Waals surface area contributed by atoms with Gasteiger partial charge in [0.2, 0.25) is 6.29 Å². The number of H-pyrrole nitrogens is 1. The predicted octanol–water partition coefficient (Wildman–Crippen LogP) is 5.33. The molecule has 1 saturated heterocycles. The summed E-state index contributed by atoms with van der Waals surface area (Å²) in [6, 6.07) is 14.9. The van der Waals surface area contributed by atoms with E-state index in [9.17, 15) is 35.1 Å². The number of carbonyl (C=O) groups is 2. The fraction of sp³-hybridized carbons (Fsp3) is 0.400. The van der Waals surface area contributed by atoms with Gasteiger partial charge in [-0.25, -0.2) is 0 Å². The molecule has 1 amide bonds. The maximum Gasteiger partial charge on any atom is 0.254 e. The highest BCUT2D eigenvalue weighted by Crippen LogP contribution is 2.50. The van der Waals surface area contributed by atoms with E-state index in [0.717, 1.165) is 53.3 Å². The number of phenolic OH excluding ortho intramolecular Hbond substituents is 1. The molecule has 0 spiro atoms. The summed E-state index contributed by atoms with van der Waals surface area (Å²) in [4.78, 5) is 33.6. The molecule has 8 bridgehead atoms. The van der Waals surface area contributed by atoms with Crippen LogP contribution in [0.25, 0.3) is 27.8 Å². The standard InChI is InChI=1S/C50H50N2O12/c1-60-40-21-30-20-33(28-8-2-3-9-28)43-38(55)24-52-23-36-29(10-4-12-31(36)48(52)58)11-6-18-61-47-44(56)41-25-62-39(35-22-51-37-15-13-27(7-5-17-53)19-34(35)37)16-14-32(40)46(42(30)45(43)57)64-49(63-41)50(47,59)26-54/h4,10,12-16,19-22,28,39,41,44,47,49,51,53-54,56-57,59H,2-3,5,7-9,11,17,23-26H2,1H3/b16-14+/t39-,41-,44-,47+,49-,50-/m1/s1. The smallest absolute Gasteiger partial charge is 0.254 e. The van der Waals surface area contributed by atoms with Gasteiger partial charge >= 0.3 is 0 Å². The molecule has 14 heteroatoms. The highest BCUT2D eigenvalue weighted by atomic mass is 16.7. The van der Waals surface area contributed by atoms with Crippen molar-refractivity contribution < 1.29 is 58.8 Å². The first kappa shape index (κ1) is 42.1. The molecule has 1 aromatic heterocycles. The average Bonchev–Trinajstić information content (AvgIpc) is 4.06. The number of aromatic nitrogens is 1. The summed E-state index contributed by atoms with van der Waals surface area (Å²) in [5.41, 5.74) is 3.06. The third-order valence-electron chi connectivity index (χ3n) is 13.6. The van der Waals surface area contributed by atoms with Crippen LogP contribution in [0.5, 0.6) is 17.2 Å². The number of aromatic amines is 1. The Bertz CT molecular complexity index is 2760. The number of rotatable bonds is 7. The van der Waals surface area contributed by atoms with Gasteiger partial charge in [-0.05, 0) is 95.6 Å². The van der Waals surface area contributed by atoms with Gasteiger partial charge in [-0.3, -0.25) is 9.59 Å². The Morgan fingerprint density at radius 2 is 1.89 bits per heavy atom. The number of aliphatic hydroxyl groups is 4. The summed E-state index contributed by atoms with van der Waals surface area (Å²) in [6.07, 6.45) is 5.82. The summed E-state index contributed by atoms with van der Waals surface area (Å²) in [7, 11) is 1.49. The minimum absolute atomic E-state index is 0.0479. The van der Waals surface area contributed by atoms with E-state index in [1.54, 1.807) is 30.4 Å². The summed E-state index contributed by atoms with van der Waals surface area (Å²) < 4.78 is 31.8. The lowest BCUT2D eigenvalue weighted by atomic mass is 9.86. The number of nitrogens with zero attached hydrogens (tertiary/aromatic N) is 1. The molecule has 2 fully saturated rings. The van der Waals surface area contributed by atoms with E-state index in [0.29, 0.717) is 40.7 Å². The molecule has 5 heterocycles. The normalized spacial score (nSPS) is 26.1. The second-order valence-corrected chi connectivity index (χ2v) is 17.4. The second kappa shape index (κ2) is 16.9. The number of carbonyl (C=O) groups excluding carboxylic acids is 2. The molecule has 0 unspecified atom stereocenters. The van der Waals surface area contributed by atoms with Gasteiger partial charge in [0, 0.05) is 47.8 Å². The number of ketones is 1. The minimum Gasteiger partial charge on any atom is -0.506 e. The fourth-order valence-corrected chi connectivity index (χ4v) is 10.3. The van der Waals surface area contributed by atoms with Crippen LogP contribution < -0.4 is 9.47 Å². The van der Waals surface area contributed by atoms with Gasteiger partial charge in [0.05, 0.1) is 43.4 Å².